The van der Waals surface area contributed by atoms with Crippen LogP contribution in [0.2, 0.25) is 5.02 Å². The molecule has 4 rings (SSSR count). The molecule has 2 amide bonds. The fraction of sp³-hybridized carbons (Fsp3) is 0.292. The minimum Gasteiger partial charge on any atom is -0.364 e. The molecule has 3 aromatic rings. The van der Waals surface area contributed by atoms with Crippen LogP contribution in [-0.4, -0.2) is 40.4 Å². The first kappa shape index (κ1) is 24.7. The number of rotatable bonds is 7. The lowest BCUT2D eigenvalue weighted by atomic mass is 10.1. The van der Waals surface area contributed by atoms with E-state index in [0.29, 0.717) is 27.5 Å². The highest BCUT2D eigenvalue weighted by molar-refractivity contribution is 6.30. The second-order valence-corrected chi connectivity index (χ2v) is 8.63. The first-order chi connectivity index (χ1) is 16.6. The van der Waals surface area contributed by atoms with Gasteiger partial charge in [-0.15, -0.1) is 5.10 Å². The standard InChI is InChI=1S/C24H22ClF3N4O3/c1-14(24(26,27)28)35-13-15-3-2-4-16(9-15)20-11-21(30-23(34)17-10-22(33)29-12-17)31-32(20)19-7-5-18(25)6-8-19/h2-9,11,14,17H,10,12-13H2,1H3,(H,29,33)(H,30,31,34)/t14-,17-/m1/s1. The molecule has 1 saturated heterocycles. The smallest absolute Gasteiger partial charge is 0.364 e. The van der Waals surface area contributed by atoms with E-state index in [1.807, 2.05) is 0 Å². The number of nitrogens with one attached hydrogen (secondary N) is 2. The molecule has 1 aromatic heterocycles. The lowest BCUT2D eigenvalue weighted by molar-refractivity contribution is -0.217. The Morgan fingerprint density at radius 1 is 1.26 bits per heavy atom. The summed E-state index contributed by atoms with van der Waals surface area (Å²) >= 11 is 6.01. The van der Waals surface area contributed by atoms with Gasteiger partial charge in [-0.25, -0.2) is 4.68 Å². The zero-order valence-electron chi connectivity index (χ0n) is 18.6. The fourth-order valence-corrected chi connectivity index (χ4v) is 3.71. The molecule has 0 unspecified atom stereocenters. The fourth-order valence-electron chi connectivity index (χ4n) is 3.58. The SMILES string of the molecule is C[C@@H](OCc1cccc(-c2cc(NC(=O)[C@H]3CNC(=O)C3)nn2-c2ccc(Cl)cc2)c1)C(F)(F)F. The number of anilines is 1. The molecular formula is C24H22ClF3N4O3. The van der Waals surface area contributed by atoms with Crippen LogP contribution in [0.4, 0.5) is 19.0 Å². The van der Waals surface area contributed by atoms with E-state index >= 15 is 0 Å². The van der Waals surface area contributed by atoms with Gasteiger partial charge in [0.25, 0.3) is 0 Å². The molecule has 0 radical (unpaired) electrons. The van der Waals surface area contributed by atoms with Crippen molar-refractivity contribution in [2.45, 2.75) is 32.2 Å². The topological polar surface area (TPSA) is 85.2 Å². The molecule has 2 aromatic carbocycles. The van der Waals surface area contributed by atoms with Crippen LogP contribution in [0.1, 0.15) is 18.9 Å². The molecule has 2 heterocycles. The van der Waals surface area contributed by atoms with E-state index in [-0.39, 0.29) is 37.2 Å². The highest BCUT2D eigenvalue weighted by Crippen LogP contribution is 2.29. The quantitative estimate of drug-likeness (QED) is 0.485. The van der Waals surface area contributed by atoms with E-state index in [1.54, 1.807) is 59.3 Å². The first-order valence-electron chi connectivity index (χ1n) is 10.8. The van der Waals surface area contributed by atoms with E-state index in [4.69, 9.17) is 16.3 Å². The summed E-state index contributed by atoms with van der Waals surface area (Å²) in [7, 11) is 0. The van der Waals surface area contributed by atoms with Gasteiger partial charge < -0.3 is 15.4 Å². The Morgan fingerprint density at radius 2 is 2.00 bits per heavy atom. The maximum Gasteiger partial charge on any atom is 0.414 e. The van der Waals surface area contributed by atoms with Gasteiger partial charge in [-0.1, -0.05) is 29.8 Å². The molecule has 0 spiro atoms. The van der Waals surface area contributed by atoms with Gasteiger partial charge >= 0.3 is 6.18 Å². The third-order valence-electron chi connectivity index (χ3n) is 5.56. The zero-order chi connectivity index (χ0) is 25.2. The number of hydrogen-bond donors (Lipinski definition) is 2. The Kier molecular flexibility index (Phi) is 7.13. The number of alkyl halides is 3. The molecule has 0 aliphatic carbocycles. The highest BCUT2D eigenvalue weighted by atomic mass is 35.5. The predicted molar refractivity (Wildman–Crippen MR) is 124 cm³/mol. The summed E-state index contributed by atoms with van der Waals surface area (Å²) in [4.78, 5) is 24.1. The third-order valence-corrected chi connectivity index (χ3v) is 5.82. The van der Waals surface area contributed by atoms with Crippen LogP contribution in [0.15, 0.2) is 54.6 Å². The molecule has 35 heavy (non-hydrogen) atoms. The lowest BCUT2D eigenvalue weighted by Gasteiger charge is -2.16. The van der Waals surface area contributed by atoms with Crippen LogP contribution < -0.4 is 10.6 Å². The van der Waals surface area contributed by atoms with Gasteiger partial charge in [0.15, 0.2) is 11.9 Å². The van der Waals surface area contributed by atoms with Crippen molar-refractivity contribution in [3.63, 3.8) is 0 Å². The maximum atomic E-state index is 12.8. The predicted octanol–water partition coefficient (Wildman–Crippen LogP) is 4.73. The van der Waals surface area contributed by atoms with E-state index in [0.717, 1.165) is 6.92 Å². The van der Waals surface area contributed by atoms with Gasteiger partial charge in [0, 0.05) is 29.6 Å². The summed E-state index contributed by atoms with van der Waals surface area (Å²) in [5.74, 6) is -0.746. The molecule has 1 fully saturated rings. The van der Waals surface area contributed by atoms with Gasteiger partial charge in [-0.3, -0.25) is 9.59 Å². The Morgan fingerprint density at radius 3 is 2.66 bits per heavy atom. The molecule has 7 nitrogen and oxygen atoms in total. The Hall–Kier alpha value is -3.37. The van der Waals surface area contributed by atoms with E-state index < -0.39 is 18.2 Å². The van der Waals surface area contributed by atoms with Crippen LogP contribution in [0.25, 0.3) is 16.9 Å². The van der Waals surface area contributed by atoms with E-state index in [9.17, 15) is 22.8 Å². The molecule has 2 N–H and O–H groups in total. The Labute approximate surface area is 204 Å². The largest absolute Gasteiger partial charge is 0.414 e. The van der Waals surface area contributed by atoms with Gasteiger partial charge in [-0.2, -0.15) is 13.2 Å². The Balaban J connectivity index is 1.63. The lowest BCUT2D eigenvalue weighted by Crippen LogP contribution is -2.28. The number of aromatic nitrogens is 2. The molecule has 0 saturated carbocycles. The summed E-state index contributed by atoms with van der Waals surface area (Å²) in [5.41, 5.74) is 2.46. The van der Waals surface area contributed by atoms with Gasteiger partial charge in [-0.05, 0) is 42.8 Å². The van der Waals surface area contributed by atoms with Gasteiger partial charge in [0.2, 0.25) is 11.8 Å². The van der Waals surface area contributed by atoms with Crippen molar-refractivity contribution in [3.8, 4) is 16.9 Å². The van der Waals surface area contributed by atoms with Crippen molar-refractivity contribution in [2.24, 2.45) is 5.92 Å². The molecule has 1 aliphatic heterocycles. The number of benzene rings is 2. The van der Waals surface area contributed by atoms with Crippen molar-refractivity contribution in [1.29, 1.82) is 0 Å². The number of hydrogen-bond acceptors (Lipinski definition) is 4. The number of amides is 2. The van der Waals surface area contributed by atoms with Gasteiger partial charge in [0.05, 0.1) is 23.9 Å². The van der Waals surface area contributed by atoms with Crippen molar-refractivity contribution in [1.82, 2.24) is 15.1 Å². The monoisotopic (exact) mass is 506 g/mol. The second kappa shape index (κ2) is 10.1. The highest BCUT2D eigenvalue weighted by Gasteiger charge is 2.36. The van der Waals surface area contributed by atoms with Crippen LogP contribution in [0.5, 0.6) is 0 Å². The summed E-state index contributed by atoms with van der Waals surface area (Å²) in [5, 5.41) is 10.4. The molecular weight excluding hydrogens is 485 g/mol. The van der Waals surface area contributed by atoms with Crippen molar-refractivity contribution < 1.29 is 27.5 Å². The summed E-state index contributed by atoms with van der Waals surface area (Å²) < 4.78 is 45.0. The molecule has 2 atom stereocenters. The minimum absolute atomic E-state index is 0.106. The summed E-state index contributed by atoms with van der Waals surface area (Å²) in [6, 6.07) is 15.4. The van der Waals surface area contributed by atoms with Crippen LogP contribution >= 0.6 is 11.6 Å². The minimum atomic E-state index is -4.45. The van der Waals surface area contributed by atoms with Crippen LogP contribution in [0.3, 0.4) is 0 Å². The normalized spacial score (nSPS) is 16.7. The summed E-state index contributed by atoms with van der Waals surface area (Å²) in [6.07, 6.45) is -6.24. The van der Waals surface area contributed by atoms with Gasteiger partial charge in [0.1, 0.15) is 0 Å². The van der Waals surface area contributed by atoms with Crippen molar-refractivity contribution in [2.75, 3.05) is 11.9 Å². The first-order valence-corrected chi connectivity index (χ1v) is 11.2. The molecule has 184 valence electrons. The number of carbonyl (C=O) groups excluding carboxylic acids is 2. The molecule has 1 aliphatic rings. The molecule has 11 heteroatoms. The van der Waals surface area contributed by atoms with Crippen molar-refractivity contribution >= 4 is 29.2 Å². The third kappa shape index (κ3) is 6.01. The number of nitrogens with zero attached hydrogens (tertiary/aromatic N) is 2. The maximum absolute atomic E-state index is 12.8. The van der Waals surface area contributed by atoms with Crippen LogP contribution in [-0.2, 0) is 20.9 Å². The second-order valence-electron chi connectivity index (χ2n) is 8.19. The average molecular weight is 507 g/mol. The van der Waals surface area contributed by atoms with Crippen LogP contribution in [0, 0.1) is 5.92 Å². The zero-order valence-corrected chi connectivity index (χ0v) is 19.4. The number of halogens is 4. The Bertz CT molecular complexity index is 1230. The van der Waals surface area contributed by atoms with E-state index in [1.165, 1.54) is 0 Å². The molecule has 0 bridgehead atoms. The number of ether oxygens (including phenoxy) is 1. The van der Waals surface area contributed by atoms with E-state index in [2.05, 4.69) is 15.7 Å². The summed E-state index contributed by atoms with van der Waals surface area (Å²) in [6.45, 7) is 0.992. The average Bonchev–Trinajstić information content (AvgIpc) is 3.44. The van der Waals surface area contributed by atoms with Crippen molar-refractivity contribution in [3.05, 3.63) is 65.2 Å². The number of carbonyl (C=O) groups is 2.